The zero-order valence-corrected chi connectivity index (χ0v) is 26.1. The summed E-state index contributed by atoms with van der Waals surface area (Å²) < 4.78 is 33.9. The fourth-order valence-electron chi connectivity index (χ4n) is 5.71. The number of hydrogen-bond acceptors (Lipinski definition) is 7. The average molecular weight is 645 g/mol. The number of hydrogen-bond donors (Lipinski definition) is 0. The molecule has 0 saturated carbocycles. The van der Waals surface area contributed by atoms with Crippen molar-refractivity contribution in [3.63, 3.8) is 0 Å². The van der Waals surface area contributed by atoms with Crippen LogP contribution in [0.2, 0.25) is 10.0 Å². The second-order valence-electron chi connectivity index (χ2n) is 10.5. The SMILES string of the molecule is COC(=O)C1(S(=O)(=O)C2C(c3ccc(Cl)cc3)=NN(c3ccccc3)C2c2ccc(C)cc2)C=NC=C1c1ccc(Cl)cc1. The number of aryl methyl sites for hydroxylation is 1. The fraction of sp³-hybridized carbons (Fsp3) is 0.147. The molecule has 0 aromatic heterocycles. The van der Waals surface area contributed by atoms with Crippen molar-refractivity contribution in [1.82, 2.24) is 0 Å². The first-order valence-electron chi connectivity index (χ1n) is 13.8. The van der Waals surface area contributed by atoms with E-state index < -0.39 is 31.8 Å². The molecule has 0 aliphatic carbocycles. The molecule has 2 heterocycles. The van der Waals surface area contributed by atoms with Crippen molar-refractivity contribution >= 4 is 62.2 Å². The van der Waals surface area contributed by atoms with Gasteiger partial charge in [0.05, 0.1) is 18.5 Å². The Morgan fingerprint density at radius 1 is 0.841 bits per heavy atom. The number of methoxy groups -OCH3 is 1. The van der Waals surface area contributed by atoms with Crippen molar-refractivity contribution in [2.75, 3.05) is 12.1 Å². The molecule has 0 spiro atoms. The molecule has 2 aliphatic rings. The lowest BCUT2D eigenvalue weighted by Crippen LogP contribution is -2.55. The van der Waals surface area contributed by atoms with Crippen LogP contribution in [-0.4, -0.2) is 43.4 Å². The van der Waals surface area contributed by atoms with Gasteiger partial charge in [-0.15, -0.1) is 0 Å². The van der Waals surface area contributed by atoms with E-state index in [2.05, 4.69) is 4.99 Å². The number of aliphatic imine (C=N–C) groups is 1. The third kappa shape index (κ3) is 4.93. The molecule has 44 heavy (non-hydrogen) atoms. The molecule has 4 aromatic rings. The molecule has 3 atom stereocenters. The Morgan fingerprint density at radius 2 is 1.43 bits per heavy atom. The summed E-state index contributed by atoms with van der Waals surface area (Å²) in [4.78, 5) is 18.1. The number of anilines is 1. The number of carbonyl (C=O) groups excluding carboxylic acids is 1. The van der Waals surface area contributed by atoms with Crippen molar-refractivity contribution < 1.29 is 17.9 Å². The largest absolute Gasteiger partial charge is 0.467 e. The van der Waals surface area contributed by atoms with Gasteiger partial charge in [-0.25, -0.2) is 13.2 Å². The Bertz CT molecular complexity index is 1910. The number of benzene rings is 4. The maximum absolute atomic E-state index is 15.5. The Labute approximate surface area is 266 Å². The van der Waals surface area contributed by atoms with Crippen LogP contribution in [0, 0.1) is 6.92 Å². The first-order chi connectivity index (χ1) is 21.2. The van der Waals surface area contributed by atoms with Crippen LogP contribution in [0.1, 0.15) is 28.3 Å². The summed E-state index contributed by atoms with van der Waals surface area (Å²) in [5.74, 6) is -0.976. The van der Waals surface area contributed by atoms with Crippen molar-refractivity contribution in [2.24, 2.45) is 10.1 Å². The summed E-state index contributed by atoms with van der Waals surface area (Å²) in [6, 6.07) is 29.5. The molecule has 0 saturated heterocycles. The molecule has 222 valence electrons. The van der Waals surface area contributed by atoms with Gasteiger partial charge in [-0.05, 0) is 60.0 Å². The van der Waals surface area contributed by atoms with Gasteiger partial charge in [0.2, 0.25) is 4.75 Å². The minimum atomic E-state index is -4.61. The van der Waals surface area contributed by atoms with Gasteiger partial charge in [0.15, 0.2) is 9.84 Å². The van der Waals surface area contributed by atoms with Crippen LogP contribution in [0.4, 0.5) is 5.69 Å². The number of para-hydroxylation sites is 1. The van der Waals surface area contributed by atoms with Gasteiger partial charge in [0, 0.05) is 28.0 Å². The van der Waals surface area contributed by atoms with Gasteiger partial charge in [-0.3, -0.25) is 10.0 Å². The minimum Gasteiger partial charge on any atom is -0.467 e. The normalized spacial score (nSPS) is 21.2. The molecule has 7 nitrogen and oxygen atoms in total. The Morgan fingerprint density at radius 3 is 2.02 bits per heavy atom. The molecule has 6 rings (SSSR count). The number of sulfone groups is 1. The molecule has 10 heteroatoms. The fourth-order valence-corrected chi connectivity index (χ4v) is 8.45. The van der Waals surface area contributed by atoms with Crippen LogP contribution in [0.3, 0.4) is 0 Å². The molecule has 0 amide bonds. The summed E-state index contributed by atoms with van der Waals surface area (Å²) in [5, 5.41) is 6.30. The monoisotopic (exact) mass is 643 g/mol. The lowest BCUT2D eigenvalue weighted by molar-refractivity contribution is -0.140. The van der Waals surface area contributed by atoms with E-state index in [0.29, 0.717) is 32.4 Å². The molecule has 3 unspecified atom stereocenters. The predicted octanol–water partition coefficient (Wildman–Crippen LogP) is 7.09. The lowest BCUT2D eigenvalue weighted by atomic mass is 9.94. The van der Waals surface area contributed by atoms with E-state index >= 15 is 8.42 Å². The first kappa shape index (κ1) is 29.8. The summed E-state index contributed by atoms with van der Waals surface area (Å²) in [6.45, 7) is 1.96. The van der Waals surface area contributed by atoms with Gasteiger partial charge in [0.1, 0.15) is 11.3 Å². The van der Waals surface area contributed by atoms with E-state index in [9.17, 15) is 4.79 Å². The molecule has 0 radical (unpaired) electrons. The second-order valence-corrected chi connectivity index (χ2v) is 13.7. The summed E-state index contributed by atoms with van der Waals surface area (Å²) in [5.41, 5.74) is 3.84. The Hall–Kier alpha value is -4.24. The van der Waals surface area contributed by atoms with Crippen LogP contribution in [0.5, 0.6) is 0 Å². The van der Waals surface area contributed by atoms with Crippen molar-refractivity contribution in [3.8, 4) is 0 Å². The van der Waals surface area contributed by atoms with Crippen LogP contribution in [0.15, 0.2) is 119 Å². The molecule has 4 aromatic carbocycles. The minimum absolute atomic E-state index is 0.164. The number of rotatable bonds is 7. The van der Waals surface area contributed by atoms with Crippen molar-refractivity contribution in [1.29, 1.82) is 0 Å². The average Bonchev–Trinajstić information content (AvgIpc) is 3.67. The quantitative estimate of drug-likeness (QED) is 0.201. The molecular weight excluding hydrogens is 617 g/mol. The zero-order chi connectivity index (χ0) is 31.1. The van der Waals surface area contributed by atoms with E-state index in [1.54, 1.807) is 53.5 Å². The van der Waals surface area contributed by atoms with E-state index in [1.165, 1.54) is 13.3 Å². The molecule has 2 aliphatic heterocycles. The van der Waals surface area contributed by atoms with Crippen LogP contribution in [0.25, 0.3) is 5.57 Å². The highest BCUT2D eigenvalue weighted by Crippen LogP contribution is 2.47. The zero-order valence-electron chi connectivity index (χ0n) is 23.8. The van der Waals surface area contributed by atoms with Gasteiger partial charge < -0.3 is 4.74 Å². The summed E-state index contributed by atoms with van der Waals surface area (Å²) in [7, 11) is -3.44. The van der Waals surface area contributed by atoms with Gasteiger partial charge >= 0.3 is 5.97 Å². The van der Waals surface area contributed by atoms with E-state index in [-0.39, 0.29) is 11.3 Å². The van der Waals surface area contributed by atoms with Gasteiger partial charge in [-0.1, -0.05) is 95.5 Å². The third-order valence-corrected chi connectivity index (χ3v) is 10.9. The highest BCUT2D eigenvalue weighted by molar-refractivity contribution is 7.96. The maximum Gasteiger partial charge on any atom is 0.337 e. The molecular formula is C34H27Cl2N3O4S. The number of ether oxygens (including phenoxy) is 1. The molecule has 0 bridgehead atoms. The van der Waals surface area contributed by atoms with E-state index in [0.717, 1.165) is 11.8 Å². The second kappa shape index (κ2) is 11.7. The Kier molecular flexibility index (Phi) is 7.92. The Balaban J connectivity index is 1.63. The summed E-state index contributed by atoms with van der Waals surface area (Å²) >= 11 is 12.4. The number of halogens is 2. The third-order valence-electron chi connectivity index (χ3n) is 7.90. The molecule has 0 N–H and O–H groups in total. The highest BCUT2D eigenvalue weighted by atomic mass is 35.5. The van der Waals surface area contributed by atoms with Crippen molar-refractivity contribution in [3.05, 3.63) is 142 Å². The van der Waals surface area contributed by atoms with Crippen LogP contribution in [-0.2, 0) is 19.4 Å². The maximum atomic E-state index is 15.5. The number of esters is 1. The van der Waals surface area contributed by atoms with Gasteiger partial charge in [-0.2, -0.15) is 5.10 Å². The van der Waals surface area contributed by atoms with E-state index in [1.807, 2.05) is 61.5 Å². The smallest absolute Gasteiger partial charge is 0.337 e. The predicted molar refractivity (Wildman–Crippen MR) is 176 cm³/mol. The summed E-state index contributed by atoms with van der Waals surface area (Å²) in [6.07, 6.45) is 2.55. The molecule has 0 fully saturated rings. The van der Waals surface area contributed by atoms with Crippen LogP contribution < -0.4 is 5.01 Å². The van der Waals surface area contributed by atoms with E-state index in [4.69, 9.17) is 33.0 Å². The topological polar surface area (TPSA) is 88.4 Å². The van der Waals surface area contributed by atoms with Crippen LogP contribution >= 0.6 is 23.2 Å². The number of nitrogens with zero attached hydrogens (tertiary/aromatic N) is 3. The standard InChI is InChI=1S/C34H27Cl2N3O4S/c1-22-8-10-25(11-9-22)31-32(30(24-14-18-27(36)19-15-24)38-39(31)28-6-4-3-5-7-28)44(41,42)34(33(40)43-2)21-37-20-29(34)23-12-16-26(35)17-13-23/h3-21,31-32H,1-2H3. The first-order valence-corrected chi connectivity index (χ1v) is 16.1. The van der Waals surface area contributed by atoms with Gasteiger partial charge in [0.25, 0.3) is 0 Å². The lowest BCUT2D eigenvalue weighted by Gasteiger charge is -2.34. The number of hydrazone groups is 1. The highest BCUT2D eigenvalue weighted by Gasteiger charge is 2.63. The van der Waals surface area contributed by atoms with Crippen molar-refractivity contribution in [2.45, 2.75) is 23.0 Å². The number of carbonyl (C=O) groups is 1.